The lowest BCUT2D eigenvalue weighted by molar-refractivity contribution is 0.136. The molecule has 19 heavy (non-hydrogen) atoms. The Morgan fingerprint density at radius 1 is 1.32 bits per heavy atom. The van der Waals surface area contributed by atoms with Crippen molar-refractivity contribution in [2.45, 2.75) is 39.3 Å². The summed E-state index contributed by atoms with van der Waals surface area (Å²) in [5, 5.41) is 3.69. The standard InChI is InChI=1S/C16H25BrN2/c1-16(2)9-4-10-18-15(16)12-19(3)11-13-5-7-14(17)8-6-13/h5-8,15,18H,4,9-12H2,1-3H3. The maximum Gasteiger partial charge on any atom is 0.0246 e. The zero-order valence-electron chi connectivity index (χ0n) is 12.2. The van der Waals surface area contributed by atoms with Crippen LogP contribution < -0.4 is 5.32 Å². The van der Waals surface area contributed by atoms with Crippen molar-refractivity contribution in [1.82, 2.24) is 10.2 Å². The van der Waals surface area contributed by atoms with E-state index in [2.05, 4.69) is 71.3 Å². The quantitative estimate of drug-likeness (QED) is 0.909. The third-order valence-corrected chi connectivity index (χ3v) is 4.72. The summed E-state index contributed by atoms with van der Waals surface area (Å²) in [6.07, 6.45) is 2.64. The minimum Gasteiger partial charge on any atom is -0.312 e. The van der Waals surface area contributed by atoms with Gasteiger partial charge >= 0.3 is 0 Å². The number of piperidine rings is 1. The number of hydrogen-bond acceptors (Lipinski definition) is 2. The molecule has 2 nitrogen and oxygen atoms in total. The molecule has 1 heterocycles. The normalized spacial score (nSPS) is 22.7. The second kappa shape index (κ2) is 6.38. The summed E-state index contributed by atoms with van der Waals surface area (Å²) in [4.78, 5) is 2.42. The largest absolute Gasteiger partial charge is 0.312 e. The van der Waals surface area contributed by atoms with Gasteiger partial charge in [0, 0.05) is 23.6 Å². The van der Waals surface area contributed by atoms with Gasteiger partial charge in [0.1, 0.15) is 0 Å². The fourth-order valence-electron chi connectivity index (χ4n) is 2.86. The Morgan fingerprint density at radius 2 is 2.00 bits per heavy atom. The molecule has 1 atom stereocenters. The monoisotopic (exact) mass is 324 g/mol. The molecule has 2 rings (SSSR count). The average Bonchev–Trinajstić information content (AvgIpc) is 2.35. The van der Waals surface area contributed by atoms with Crippen LogP contribution in [0.25, 0.3) is 0 Å². The summed E-state index contributed by atoms with van der Waals surface area (Å²) in [7, 11) is 2.22. The van der Waals surface area contributed by atoms with Crippen LogP contribution in [0.1, 0.15) is 32.3 Å². The number of halogens is 1. The average molecular weight is 325 g/mol. The lowest BCUT2D eigenvalue weighted by Gasteiger charge is -2.41. The van der Waals surface area contributed by atoms with Crippen LogP contribution in [0, 0.1) is 5.41 Å². The Labute approximate surface area is 125 Å². The summed E-state index contributed by atoms with van der Waals surface area (Å²) >= 11 is 3.48. The summed E-state index contributed by atoms with van der Waals surface area (Å²) < 4.78 is 1.15. The van der Waals surface area contributed by atoms with E-state index < -0.39 is 0 Å². The first kappa shape index (κ1) is 15.0. The molecule has 0 aromatic heterocycles. The zero-order chi connectivity index (χ0) is 13.9. The van der Waals surface area contributed by atoms with Crippen LogP contribution in [0.3, 0.4) is 0 Å². The Balaban J connectivity index is 1.90. The molecule has 1 fully saturated rings. The van der Waals surface area contributed by atoms with Crippen LogP contribution in [0.5, 0.6) is 0 Å². The molecule has 0 radical (unpaired) electrons. The van der Waals surface area contributed by atoms with E-state index in [1.807, 2.05) is 0 Å². The molecule has 1 unspecified atom stereocenters. The molecule has 3 heteroatoms. The van der Waals surface area contributed by atoms with Crippen molar-refractivity contribution >= 4 is 15.9 Å². The fraction of sp³-hybridized carbons (Fsp3) is 0.625. The molecule has 0 bridgehead atoms. The van der Waals surface area contributed by atoms with E-state index in [0.29, 0.717) is 11.5 Å². The van der Waals surface area contributed by atoms with E-state index in [1.54, 1.807) is 0 Å². The summed E-state index contributed by atoms with van der Waals surface area (Å²) in [6, 6.07) is 9.22. The Kier molecular flexibility index (Phi) is 5.04. The van der Waals surface area contributed by atoms with Gasteiger partial charge in [-0.3, -0.25) is 0 Å². The predicted octanol–water partition coefficient (Wildman–Crippen LogP) is 3.66. The first-order chi connectivity index (χ1) is 8.97. The maximum absolute atomic E-state index is 3.69. The maximum atomic E-state index is 3.69. The molecule has 0 amide bonds. The minimum absolute atomic E-state index is 0.409. The van der Waals surface area contributed by atoms with E-state index >= 15 is 0 Å². The van der Waals surface area contributed by atoms with Crippen molar-refractivity contribution in [2.75, 3.05) is 20.1 Å². The molecule has 0 aliphatic carbocycles. The van der Waals surface area contributed by atoms with Gasteiger partial charge in [0.2, 0.25) is 0 Å². The zero-order valence-corrected chi connectivity index (χ0v) is 13.8. The first-order valence-electron chi connectivity index (χ1n) is 7.14. The predicted molar refractivity (Wildman–Crippen MR) is 85.3 cm³/mol. The molecule has 0 spiro atoms. The SMILES string of the molecule is CN(Cc1ccc(Br)cc1)CC1NCCCC1(C)C. The molecule has 0 saturated carbocycles. The van der Waals surface area contributed by atoms with Gasteiger partial charge in [-0.15, -0.1) is 0 Å². The van der Waals surface area contributed by atoms with Gasteiger partial charge in [0.15, 0.2) is 0 Å². The van der Waals surface area contributed by atoms with Crippen molar-refractivity contribution < 1.29 is 0 Å². The molecular formula is C16H25BrN2. The third kappa shape index (κ3) is 4.30. The Hall–Kier alpha value is -0.380. The fourth-order valence-corrected chi connectivity index (χ4v) is 3.12. The second-order valence-electron chi connectivity index (χ2n) is 6.42. The molecular weight excluding hydrogens is 300 g/mol. The van der Waals surface area contributed by atoms with Crippen LogP contribution in [-0.2, 0) is 6.54 Å². The van der Waals surface area contributed by atoms with Gasteiger partial charge < -0.3 is 10.2 Å². The van der Waals surface area contributed by atoms with Crippen molar-refractivity contribution in [1.29, 1.82) is 0 Å². The summed E-state index contributed by atoms with van der Waals surface area (Å²) in [6.45, 7) is 8.07. The van der Waals surface area contributed by atoms with E-state index in [9.17, 15) is 0 Å². The number of benzene rings is 1. The molecule has 1 saturated heterocycles. The van der Waals surface area contributed by atoms with E-state index in [1.165, 1.54) is 24.9 Å². The van der Waals surface area contributed by atoms with Gasteiger partial charge in [0.05, 0.1) is 0 Å². The molecule has 1 aliphatic rings. The van der Waals surface area contributed by atoms with Crippen molar-refractivity contribution in [3.05, 3.63) is 34.3 Å². The molecule has 1 aromatic carbocycles. The van der Waals surface area contributed by atoms with Crippen LogP contribution in [0.2, 0.25) is 0 Å². The lowest BCUT2D eigenvalue weighted by atomic mass is 9.77. The van der Waals surface area contributed by atoms with Crippen molar-refractivity contribution in [2.24, 2.45) is 5.41 Å². The van der Waals surface area contributed by atoms with E-state index in [-0.39, 0.29) is 0 Å². The highest BCUT2D eigenvalue weighted by Crippen LogP contribution is 2.30. The highest BCUT2D eigenvalue weighted by atomic mass is 79.9. The van der Waals surface area contributed by atoms with Crippen molar-refractivity contribution in [3.8, 4) is 0 Å². The number of nitrogens with one attached hydrogen (secondary N) is 1. The Morgan fingerprint density at radius 3 is 2.63 bits per heavy atom. The van der Waals surface area contributed by atoms with Crippen molar-refractivity contribution in [3.63, 3.8) is 0 Å². The Bertz CT molecular complexity index is 400. The number of hydrogen-bond donors (Lipinski definition) is 1. The lowest BCUT2D eigenvalue weighted by Crippen LogP contribution is -2.52. The van der Waals surface area contributed by atoms with E-state index in [0.717, 1.165) is 17.6 Å². The van der Waals surface area contributed by atoms with Gasteiger partial charge in [-0.05, 0) is 49.5 Å². The molecule has 106 valence electrons. The molecule has 1 aromatic rings. The van der Waals surface area contributed by atoms with Crippen LogP contribution in [0.15, 0.2) is 28.7 Å². The highest BCUT2D eigenvalue weighted by molar-refractivity contribution is 9.10. The smallest absolute Gasteiger partial charge is 0.0246 e. The highest BCUT2D eigenvalue weighted by Gasteiger charge is 2.32. The number of nitrogens with zero attached hydrogens (tertiary/aromatic N) is 1. The third-order valence-electron chi connectivity index (χ3n) is 4.19. The van der Waals surface area contributed by atoms with Gasteiger partial charge in [-0.2, -0.15) is 0 Å². The number of likely N-dealkylation sites (N-methyl/N-ethyl adjacent to an activating group) is 1. The molecule has 1 aliphatic heterocycles. The van der Waals surface area contributed by atoms with Crippen LogP contribution in [-0.4, -0.2) is 31.1 Å². The topological polar surface area (TPSA) is 15.3 Å². The molecule has 1 N–H and O–H groups in total. The summed E-state index contributed by atoms with van der Waals surface area (Å²) in [5.41, 5.74) is 1.78. The van der Waals surface area contributed by atoms with Gasteiger partial charge in [-0.1, -0.05) is 41.9 Å². The van der Waals surface area contributed by atoms with Crippen LogP contribution in [0.4, 0.5) is 0 Å². The van der Waals surface area contributed by atoms with Gasteiger partial charge in [-0.25, -0.2) is 0 Å². The summed E-state index contributed by atoms with van der Waals surface area (Å²) in [5.74, 6) is 0. The first-order valence-corrected chi connectivity index (χ1v) is 7.93. The van der Waals surface area contributed by atoms with E-state index in [4.69, 9.17) is 0 Å². The second-order valence-corrected chi connectivity index (χ2v) is 7.34. The minimum atomic E-state index is 0.409. The van der Waals surface area contributed by atoms with Gasteiger partial charge in [0.25, 0.3) is 0 Å². The van der Waals surface area contributed by atoms with Crippen LogP contribution >= 0.6 is 15.9 Å². The number of rotatable bonds is 4.